The van der Waals surface area contributed by atoms with Crippen LogP contribution in [0.25, 0.3) is 11.0 Å². The number of imidazole rings is 1. The number of carboxylic acid groups (broad SMARTS) is 1. The first-order valence-corrected chi connectivity index (χ1v) is 12.1. The summed E-state index contributed by atoms with van der Waals surface area (Å²) in [5, 5.41) is 10.1. The van der Waals surface area contributed by atoms with Gasteiger partial charge < -0.3 is 19.3 Å². The van der Waals surface area contributed by atoms with Crippen LogP contribution < -0.4 is 5.69 Å². The predicted molar refractivity (Wildman–Crippen MR) is 138 cm³/mol. The number of ether oxygens (including phenoxy) is 3. The molecule has 1 aromatic heterocycles. The lowest BCUT2D eigenvalue weighted by molar-refractivity contribution is -0.155. The van der Waals surface area contributed by atoms with Crippen LogP contribution in [0.3, 0.4) is 0 Å². The van der Waals surface area contributed by atoms with Gasteiger partial charge in [0.15, 0.2) is 6.04 Å². The topological polar surface area (TPSA) is 146 Å². The van der Waals surface area contributed by atoms with Gasteiger partial charge in [0, 0.05) is 0 Å². The first-order chi connectivity index (χ1) is 17.2. The number of fused-ring (bicyclic) bond motifs is 1. The van der Waals surface area contributed by atoms with Crippen molar-refractivity contribution in [3.05, 3.63) is 34.7 Å². The second-order valence-electron chi connectivity index (χ2n) is 11.7. The molecule has 1 aromatic carbocycles. The minimum atomic E-state index is -1.88. The predicted octanol–water partition coefficient (Wildman–Crippen LogP) is 3.77. The van der Waals surface area contributed by atoms with E-state index < -0.39 is 65.7 Å². The molecule has 1 heterocycles. The van der Waals surface area contributed by atoms with E-state index in [0.717, 1.165) is 9.13 Å². The van der Waals surface area contributed by atoms with Gasteiger partial charge in [-0.25, -0.2) is 19.2 Å². The summed E-state index contributed by atoms with van der Waals surface area (Å²) in [6.45, 7) is 13.4. The summed E-state index contributed by atoms with van der Waals surface area (Å²) in [4.78, 5) is 64.8. The monoisotopic (exact) mass is 535 g/mol. The van der Waals surface area contributed by atoms with E-state index >= 15 is 0 Å². The Balaban J connectivity index is 2.61. The summed E-state index contributed by atoms with van der Waals surface area (Å²) in [5.41, 5.74) is -2.98. The molecule has 2 amide bonds. The molecule has 210 valence electrons. The van der Waals surface area contributed by atoms with Gasteiger partial charge in [0.05, 0.1) is 17.6 Å². The Morgan fingerprint density at radius 2 is 1.21 bits per heavy atom. The average Bonchev–Trinajstić information content (AvgIpc) is 2.95. The van der Waals surface area contributed by atoms with Gasteiger partial charge in [-0.3, -0.25) is 13.9 Å². The molecule has 0 aliphatic rings. The quantitative estimate of drug-likeness (QED) is 0.431. The van der Waals surface area contributed by atoms with Crippen LogP contribution in [0, 0.1) is 0 Å². The Bertz CT molecular complexity index is 1240. The van der Waals surface area contributed by atoms with Crippen molar-refractivity contribution in [2.45, 2.75) is 98.2 Å². The number of esters is 1. The van der Waals surface area contributed by atoms with E-state index in [1.54, 1.807) is 86.6 Å². The first-order valence-electron chi connectivity index (χ1n) is 12.1. The van der Waals surface area contributed by atoms with Crippen molar-refractivity contribution < 1.29 is 38.5 Å². The summed E-state index contributed by atoms with van der Waals surface area (Å²) >= 11 is 0. The number of carbonyl (C=O) groups excluding carboxylic acids is 3. The highest BCUT2D eigenvalue weighted by Crippen LogP contribution is 2.20. The maximum Gasteiger partial charge on any atom is 0.420 e. The summed E-state index contributed by atoms with van der Waals surface area (Å²) in [6.07, 6.45) is -2.49. The van der Waals surface area contributed by atoms with E-state index in [4.69, 9.17) is 14.2 Å². The summed E-state index contributed by atoms with van der Waals surface area (Å²) in [6, 6.07) is 4.56. The molecular weight excluding hydrogens is 498 g/mol. The van der Waals surface area contributed by atoms with Crippen molar-refractivity contribution in [3.8, 4) is 0 Å². The van der Waals surface area contributed by atoms with Crippen molar-refractivity contribution in [1.82, 2.24) is 14.0 Å². The number of carboxylic acids is 1. The maximum atomic E-state index is 13.4. The molecule has 0 aliphatic carbocycles. The standard InChI is InChI=1S/C26H37N3O9/c1-24(2,3)36-19(30)15-28-17-13-11-10-12-16(17)27(21(28)33)14-18(20(31)32)29(22(34)37-25(4,5)6)23(35)38-26(7,8)9/h10-13,18H,14-15H2,1-9H3,(H,31,32). The lowest BCUT2D eigenvalue weighted by atomic mass is 10.2. The van der Waals surface area contributed by atoms with E-state index in [2.05, 4.69) is 0 Å². The number of aliphatic carboxylic acids is 1. The van der Waals surface area contributed by atoms with Gasteiger partial charge >= 0.3 is 29.8 Å². The third-order valence-electron chi connectivity index (χ3n) is 4.76. The number of hydrogen-bond acceptors (Lipinski definition) is 8. The van der Waals surface area contributed by atoms with Crippen LogP contribution in [0.5, 0.6) is 0 Å². The smallest absolute Gasteiger partial charge is 0.420 e. The summed E-state index contributed by atoms with van der Waals surface area (Å²) < 4.78 is 18.2. The van der Waals surface area contributed by atoms with Gasteiger partial charge in [-0.15, -0.1) is 0 Å². The van der Waals surface area contributed by atoms with E-state index in [1.807, 2.05) is 0 Å². The second kappa shape index (κ2) is 10.9. The van der Waals surface area contributed by atoms with Crippen LogP contribution in [-0.2, 0) is 36.9 Å². The van der Waals surface area contributed by atoms with Gasteiger partial charge in [-0.05, 0) is 74.4 Å². The van der Waals surface area contributed by atoms with E-state index in [9.17, 15) is 29.1 Å². The number of aromatic nitrogens is 2. The molecule has 0 saturated heterocycles. The van der Waals surface area contributed by atoms with Crippen LogP contribution in [-0.4, -0.2) is 66.1 Å². The average molecular weight is 536 g/mol. The Labute approximate surface area is 221 Å². The number of amides is 2. The van der Waals surface area contributed by atoms with Crippen molar-refractivity contribution in [2.75, 3.05) is 0 Å². The molecule has 0 radical (unpaired) electrons. The largest absolute Gasteiger partial charge is 0.480 e. The summed E-state index contributed by atoms with van der Waals surface area (Å²) in [5.74, 6) is -2.24. The third-order valence-corrected chi connectivity index (χ3v) is 4.76. The molecular formula is C26H37N3O9. The molecule has 2 aromatic rings. The first kappa shape index (κ1) is 30.4. The Morgan fingerprint density at radius 3 is 1.61 bits per heavy atom. The molecule has 0 saturated carbocycles. The lowest BCUT2D eigenvalue weighted by Crippen LogP contribution is -2.54. The van der Waals surface area contributed by atoms with Crippen molar-refractivity contribution in [1.29, 1.82) is 0 Å². The van der Waals surface area contributed by atoms with Crippen LogP contribution in [0.4, 0.5) is 9.59 Å². The minimum Gasteiger partial charge on any atom is -0.480 e. The number of para-hydroxylation sites is 2. The lowest BCUT2D eigenvalue weighted by Gasteiger charge is -2.31. The van der Waals surface area contributed by atoms with E-state index in [1.165, 1.54) is 0 Å². The Kier molecular flexibility index (Phi) is 8.70. The molecule has 0 spiro atoms. The number of rotatable bonds is 6. The van der Waals surface area contributed by atoms with Gasteiger partial charge in [0.1, 0.15) is 23.3 Å². The number of hydrogen-bond donors (Lipinski definition) is 1. The highest BCUT2D eigenvalue weighted by atomic mass is 16.6. The number of benzene rings is 1. The van der Waals surface area contributed by atoms with Gasteiger partial charge in [0.2, 0.25) is 0 Å². The number of carbonyl (C=O) groups is 4. The van der Waals surface area contributed by atoms with Crippen molar-refractivity contribution in [3.63, 3.8) is 0 Å². The SMILES string of the molecule is CC(C)(C)OC(=O)Cn1c(=O)n(CC(C(=O)O)N(C(=O)OC(C)(C)C)C(=O)OC(C)(C)C)c2ccccc21. The van der Waals surface area contributed by atoms with Crippen molar-refractivity contribution in [2.24, 2.45) is 0 Å². The van der Waals surface area contributed by atoms with Crippen LogP contribution in [0.15, 0.2) is 29.1 Å². The van der Waals surface area contributed by atoms with Gasteiger partial charge in [0.25, 0.3) is 0 Å². The fourth-order valence-electron chi connectivity index (χ4n) is 3.50. The zero-order valence-electron chi connectivity index (χ0n) is 23.4. The fourth-order valence-corrected chi connectivity index (χ4v) is 3.50. The molecule has 1 N–H and O–H groups in total. The fraction of sp³-hybridized carbons (Fsp3) is 0.577. The maximum absolute atomic E-state index is 13.4. The zero-order valence-corrected chi connectivity index (χ0v) is 23.4. The molecule has 0 fully saturated rings. The van der Waals surface area contributed by atoms with Gasteiger partial charge in [-0.1, -0.05) is 12.1 Å². The molecule has 38 heavy (non-hydrogen) atoms. The second-order valence-corrected chi connectivity index (χ2v) is 11.7. The van der Waals surface area contributed by atoms with Crippen molar-refractivity contribution >= 4 is 35.2 Å². The molecule has 0 aliphatic heterocycles. The number of nitrogens with zero attached hydrogens (tertiary/aromatic N) is 3. The molecule has 2 rings (SSSR count). The number of imide groups is 1. The normalized spacial score (nSPS) is 13.1. The van der Waals surface area contributed by atoms with Gasteiger partial charge in [-0.2, -0.15) is 4.90 Å². The molecule has 1 unspecified atom stereocenters. The minimum absolute atomic E-state index is 0.292. The van der Waals surface area contributed by atoms with Crippen LogP contribution >= 0.6 is 0 Å². The molecule has 0 bridgehead atoms. The Hall–Kier alpha value is -3.83. The highest BCUT2D eigenvalue weighted by Gasteiger charge is 2.41. The van der Waals surface area contributed by atoms with Crippen LogP contribution in [0.1, 0.15) is 62.3 Å². The Morgan fingerprint density at radius 1 is 0.789 bits per heavy atom. The third kappa shape index (κ3) is 8.09. The van der Waals surface area contributed by atoms with E-state index in [0.29, 0.717) is 15.9 Å². The zero-order chi connectivity index (χ0) is 29.2. The molecule has 12 nitrogen and oxygen atoms in total. The summed E-state index contributed by atoms with van der Waals surface area (Å²) in [7, 11) is 0. The molecule has 1 atom stereocenters. The molecule has 12 heteroatoms. The van der Waals surface area contributed by atoms with E-state index in [-0.39, 0.29) is 0 Å². The van der Waals surface area contributed by atoms with Crippen LogP contribution in [0.2, 0.25) is 0 Å². The highest BCUT2D eigenvalue weighted by molar-refractivity contribution is 5.93.